The molecule has 0 aliphatic heterocycles. The van der Waals surface area contributed by atoms with Crippen molar-refractivity contribution in [3.8, 4) is 6.07 Å². The second-order valence-electron chi connectivity index (χ2n) is 4.49. The molecule has 2 N–H and O–H groups in total. The molecule has 0 fully saturated rings. The number of benzene rings is 1. The minimum absolute atomic E-state index is 0.0201. The first-order valence-corrected chi connectivity index (χ1v) is 6.46. The number of nitrogens with one attached hydrogen (secondary N) is 1. The lowest BCUT2D eigenvalue weighted by Gasteiger charge is -2.19. The van der Waals surface area contributed by atoms with Crippen LogP contribution in [-0.2, 0) is 0 Å². The van der Waals surface area contributed by atoms with Crippen LogP contribution in [0, 0.1) is 21.4 Å². The van der Waals surface area contributed by atoms with E-state index < -0.39 is 4.92 Å². The molecule has 116 valence electrons. The fraction of sp³-hybridized carbons (Fsp3) is 0.417. The molecule has 0 atom stereocenters. The van der Waals surface area contributed by atoms with Gasteiger partial charge >= 0.3 is 5.69 Å². The Morgan fingerprint density at radius 2 is 2.27 bits per heavy atom. The van der Waals surface area contributed by atoms with E-state index in [0.717, 1.165) is 0 Å². The third-order valence-electron chi connectivity index (χ3n) is 3.07. The van der Waals surface area contributed by atoms with Crippen molar-refractivity contribution in [1.82, 2.24) is 10.3 Å². The average molecular weight is 306 g/mol. The van der Waals surface area contributed by atoms with Crippen LogP contribution in [0.3, 0.4) is 0 Å². The largest absolute Gasteiger partial charge is 0.395 e. The van der Waals surface area contributed by atoms with E-state index >= 15 is 0 Å². The first-order chi connectivity index (χ1) is 10.6. The Morgan fingerprint density at radius 3 is 2.91 bits per heavy atom. The van der Waals surface area contributed by atoms with Gasteiger partial charge in [0.05, 0.1) is 29.7 Å². The second-order valence-corrected chi connectivity index (χ2v) is 4.49. The molecule has 0 unspecified atom stereocenters. The SMILES string of the molecule is CN(CCC#N)c1cc(NCCO)c([N+](=O)[O-])c2nonc12. The number of nitro benzene ring substituents is 1. The van der Waals surface area contributed by atoms with Crippen LogP contribution in [0.25, 0.3) is 11.0 Å². The monoisotopic (exact) mass is 306 g/mol. The summed E-state index contributed by atoms with van der Waals surface area (Å²) in [5.74, 6) is 0. The Labute approximate surface area is 125 Å². The molecule has 1 aromatic carbocycles. The molecule has 0 bridgehead atoms. The predicted molar refractivity (Wildman–Crippen MR) is 77.5 cm³/mol. The van der Waals surface area contributed by atoms with Crippen LogP contribution in [0.5, 0.6) is 0 Å². The zero-order valence-electron chi connectivity index (χ0n) is 11.8. The van der Waals surface area contributed by atoms with Gasteiger partial charge in [-0.3, -0.25) is 10.1 Å². The Kier molecular flexibility index (Phi) is 4.70. The molecule has 0 aliphatic rings. The zero-order chi connectivity index (χ0) is 16.1. The second kappa shape index (κ2) is 6.68. The van der Waals surface area contributed by atoms with Crippen molar-refractivity contribution in [2.45, 2.75) is 6.42 Å². The van der Waals surface area contributed by atoms with Gasteiger partial charge in [-0.15, -0.1) is 0 Å². The summed E-state index contributed by atoms with van der Waals surface area (Å²) >= 11 is 0. The number of rotatable bonds is 7. The maximum Gasteiger partial charge on any atom is 0.323 e. The number of nitro groups is 1. The van der Waals surface area contributed by atoms with E-state index in [-0.39, 0.29) is 35.6 Å². The summed E-state index contributed by atoms with van der Waals surface area (Å²) in [4.78, 5) is 12.4. The highest BCUT2D eigenvalue weighted by Gasteiger charge is 2.26. The van der Waals surface area contributed by atoms with E-state index in [9.17, 15) is 10.1 Å². The van der Waals surface area contributed by atoms with E-state index in [0.29, 0.717) is 18.7 Å². The Morgan fingerprint density at radius 1 is 1.55 bits per heavy atom. The molecule has 0 amide bonds. The summed E-state index contributed by atoms with van der Waals surface area (Å²) in [5, 5.41) is 39.0. The number of nitriles is 1. The lowest BCUT2D eigenvalue weighted by Crippen LogP contribution is -2.19. The fourth-order valence-corrected chi connectivity index (χ4v) is 2.05. The number of nitrogens with zero attached hydrogens (tertiary/aromatic N) is 5. The van der Waals surface area contributed by atoms with Crippen LogP contribution in [-0.4, -0.2) is 47.1 Å². The zero-order valence-corrected chi connectivity index (χ0v) is 11.8. The van der Waals surface area contributed by atoms with Crippen molar-refractivity contribution >= 4 is 28.1 Å². The lowest BCUT2D eigenvalue weighted by atomic mass is 10.1. The van der Waals surface area contributed by atoms with Crippen molar-refractivity contribution in [2.75, 3.05) is 37.0 Å². The molecule has 0 radical (unpaired) electrons. The number of aliphatic hydroxyl groups is 1. The van der Waals surface area contributed by atoms with E-state index in [1.54, 1.807) is 11.9 Å². The van der Waals surface area contributed by atoms with Crippen LogP contribution in [0.1, 0.15) is 6.42 Å². The number of fused-ring (bicyclic) bond motifs is 1. The lowest BCUT2D eigenvalue weighted by molar-refractivity contribution is -0.382. The topological polar surface area (TPSA) is 141 Å². The predicted octanol–water partition coefficient (Wildman–Crippen LogP) is 0.885. The molecule has 0 aliphatic carbocycles. The van der Waals surface area contributed by atoms with Gasteiger partial charge in [-0.05, 0) is 16.4 Å². The minimum Gasteiger partial charge on any atom is -0.395 e. The standard InChI is InChI=1S/C12H14N6O4/c1-17(5-2-3-13)9-7-8(14-4-6-19)12(18(20)21)11-10(9)15-22-16-11/h7,14,19H,2,4-6H2,1H3. The van der Waals surface area contributed by atoms with Crippen LogP contribution >= 0.6 is 0 Å². The maximum atomic E-state index is 11.3. The van der Waals surface area contributed by atoms with Gasteiger partial charge in [-0.25, -0.2) is 4.63 Å². The third-order valence-corrected chi connectivity index (χ3v) is 3.07. The van der Waals surface area contributed by atoms with Crippen LogP contribution in [0.2, 0.25) is 0 Å². The summed E-state index contributed by atoms with van der Waals surface area (Å²) in [6.07, 6.45) is 0.291. The minimum atomic E-state index is -0.578. The van der Waals surface area contributed by atoms with Gasteiger partial charge in [0, 0.05) is 20.1 Å². The Bertz CT molecular complexity index is 722. The first kappa shape index (κ1) is 15.5. The number of aromatic nitrogens is 2. The van der Waals surface area contributed by atoms with Gasteiger partial charge in [0.25, 0.3) is 0 Å². The first-order valence-electron chi connectivity index (χ1n) is 6.46. The van der Waals surface area contributed by atoms with Gasteiger partial charge in [0.1, 0.15) is 5.69 Å². The molecule has 10 nitrogen and oxygen atoms in total. The molecule has 10 heteroatoms. The van der Waals surface area contributed by atoms with Crippen molar-refractivity contribution in [3.63, 3.8) is 0 Å². The van der Waals surface area contributed by atoms with Crippen LogP contribution < -0.4 is 10.2 Å². The summed E-state index contributed by atoms with van der Waals surface area (Å²) in [6.45, 7) is 0.403. The highest BCUT2D eigenvalue weighted by molar-refractivity contribution is 5.99. The quantitative estimate of drug-likeness (QED) is 0.563. The summed E-state index contributed by atoms with van der Waals surface area (Å²) in [6, 6.07) is 3.57. The number of aliphatic hydroxyl groups excluding tert-OH is 1. The fourth-order valence-electron chi connectivity index (χ4n) is 2.05. The highest BCUT2D eigenvalue weighted by atomic mass is 16.6. The van der Waals surface area contributed by atoms with Crippen molar-refractivity contribution < 1.29 is 14.7 Å². The van der Waals surface area contributed by atoms with E-state index in [1.165, 1.54) is 6.07 Å². The molecule has 1 heterocycles. The molecule has 1 aromatic heterocycles. The molecular weight excluding hydrogens is 292 g/mol. The third kappa shape index (κ3) is 2.89. The highest BCUT2D eigenvalue weighted by Crippen LogP contribution is 2.37. The van der Waals surface area contributed by atoms with Gasteiger partial charge < -0.3 is 15.3 Å². The van der Waals surface area contributed by atoms with Crippen LogP contribution in [0.4, 0.5) is 17.1 Å². The molecule has 2 rings (SSSR count). The molecule has 0 spiro atoms. The number of hydrogen-bond acceptors (Lipinski definition) is 9. The van der Waals surface area contributed by atoms with Gasteiger partial charge in [0.15, 0.2) is 5.52 Å². The van der Waals surface area contributed by atoms with Crippen molar-refractivity contribution in [1.29, 1.82) is 5.26 Å². The van der Waals surface area contributed by atoms with E-state index in [2.05, 4.69) is 20.3 Å². The number of hydrogen-bond donors (Lipinski definition) is 2. The van der Waals surface area contributed by atoms with Gasteiger partial charge in [-0.1, -0.05) is 0 Å². The van der Waals surface area contributed by atoms with Crippen molar-refractivity contribution in [3.05, 3.63) is 16.2 Å². The van der Waals surface area contributed by atoms with Gasteiger partial charge in [0.2, 0.25) is 5.52 Å². The average Bonchev–Trinajstić information content (AvgIpc) is 2.97. The number of anilines is 2. The Balaban J connectivity index is 2.57. The molecule has 0 saturated carbocycles. The molecule has 0 saturated heterocycles. The maximum absolute atomic E-state index is 11.3. The normalized spacial score (nSPS) is 10.4. The molecule has 2 aromatic rings. The van der Waals surface area contributed by atoms with E-state index in [4.69, 9.17) is 10.4 Å². The molecular formula is C12H14N6O4. The smallest absolute Gasteiger partial charge is 0.323 e. The summed E-state index contributed by atoms with van der Waals surface area (Å²) in [7, 11) is 1.74. The van der Waals surface area contributed by atoms with Gasteiger partial charge in [-0.2, -0.15) is 5.26 Å². The van der Waals surface area contributed by atoms with Crippen molar-refractivity contribution in [2.24, 2.45) is 0 Å². The summed E-state index contributed by atoms with van der Waals surface area (Å²) in [5.41, 5.74) is 0.772. The molecule has 22 heavy (non-hydrogen) atoms. The van der Waals surface area contributed by atoms with Crippen LogP contribution in [0.15, 0.2) is 10.7 Å². The Hall–Kier alpha value is -2.93. The van der Waals surface area contributed by atoms with E-state index in [1.807, 2.05) is 6.07 Å². The summed E-state index contributed by atoms with van der Waals surface area (Å²) < 4.78 is 4.64.